The maximum absolute atomic E-state index is 14.6. The van der Waals surface area contributed by atoms with Crippen molar-refractivity contribution in [3.05, 3.63) is 0 Å². The molecule has 15 heavy (non-hydrogen) atoms. The molecule has 0 aliphatic carbocycles. The zero-order valence-electron chi connectivity index (χ0n) is 10.7. The van der Waals surface area contributed by atoms with Gasteiger partial charge in [-0.3, -0.25) is 4.70 Å². The second kappa shape index (κ2) is 11.2. The molecule has 0 saturated carbocycles. The number of rotatable bonds is 9. The van der Waals surface area contributed by atoms with Crippen molar-refractivity contribution in [2.45, 2.75) is 72.6 Å². The van der Waals surface area contributed by atoms with Crippen molar-refractivity contribution in [2.75, 3.05) is 0 Å². The predicted octanol–water partition coefficient (Wildman–Crippen LogP) is 5.45. The van der Waals surface area contributed by atoms with E-state index in [0.717, 1.165) is 32.6 Å². The molecule has 0 nitrogen and oxygen atoms in total. The van der Waals surface area contributed by atoms with E-state index >= 15 is 0 Å². The van der Waals surface area contributed by atoms with Gasteiger partial charge in [-0.05, 0) is 0 Å². The number of halogens is 2. The van der Waals surface area contributed by atoms with Crippen LogP contribution in [0.2, 0.25) is 13.3 Å². The molecule has 0 aromatic rings. The standard InChI is InChI=1S/3C4H9.2FH.Sn/c3*1-3-4-2;;;/h3*1,3-4H2,2H3;2*1H;/q;;;;;+1/p-1. The number of hydrogen-bond donors (Lipinski definition) is 0. The van der Waals surface area contributed by atoms with E-state index in [1.54, 1.807) is 0 Å². The molecule has 0 radical (unpaired) electrons. The Kier molecular flexibility index (Phi) is 13.4. The van der Waals surface area contributed by atoms with Crippen LogP contribution in [0, 0.1) is 0 Å². The van der Waals surface area contributed by atoms with Crippen LogP contribution in [-0.4, -0.2) is 18.9 Å². The van der Waals surface area contributed by atoms with Crippen LogP contribution in [0.4, 0.5) is 7.57 Å². The second-order valence-corrected chi connectivity index (χ2v) is 15.3. The van der Waals surface area contributed by atoms with E-state index in [4.69, 9.17) is 0 Å². The van der Waals surface area contributed by atoms with Crippen LogP contribution in [-0.2, 0) is 0 Å². The first kappa shape index (κ1) is 18.0. The summed E-state index contributed by atoms with van der Waals surface area (Å²) in [6.45, 7) is 6.52. The molecule has 0 aliphatic rings. The molecule has 0 spiro atoms. The molecule has 0 rings (SSSR count). The molecular weight excluding hydrogens is 301 g/mol. The molecule has 0 aromatic carbocycles. The van der Waals surface area contributed by atoms with Crippen LogP contribution >= 0.6 is 0 Å². The maximum Gasteiger partial charge on any atom is -0.269 e. The molecule has 0 aliphatic heterocycles. The summed E-state index contributed by atoms with van der Waals surface area (Å²) in [5, 5.41) is 0. The van der Waals surface area contributed by atoms with Crippen molar-refractivity contribution < 1.29 is 7.57 Å². The first-order valence-electron chi connectivity index (χ1n) is 6.37. The van der Waals surface area contributed by atoms with Crippen molar-refractivity contribution in [1.82, 2.24) is 0 Å². The van der Waals surface area contributed by atoms with E-state index in [2.05, 4.69) is 20.8 Å². The molecule has 94 valence electrons. The Morgan fingerprint density at radius 3 is 1.20 bits per heavy atom. The summed E-state index contributed by atoms with van der Waals surface area (Å²) < 4.78 is 17.5. The SMILES string of the molecule is CCC[CH2][Sn]([F])([CH2]CCC)[CH2]CCC.F. The van der Waals surface area contributed by atoms with Crippen LogP contribution in [0.15, 0.2) is 0 Å². The average Bonchev–Trinajstić information content (AvgIpc) is 2.21. The summed E-state index contributed by atoms with van der Waals surface area (Å²) in [4.78, 5) is 0. The summed E-state index contributed by atoms with van der Waals surface area (Å²) in [5.41, 5.74) is 0. The van der Waals surface area contributed by atoms with Gasteiger partial charge in [0.05, 0.1) is 0 Å². The molecule has 0 saturated heterocycles. The van der Waals surface area contributed by atoms with Crippen molar-refractivity contribution in [3.63, 3.8) is 0 Å². The minimum atomic E-state index is -3.06. The van der Waals surface area contributed by atoms with Gasteiger partial charge in [0, 0.05) is 0 Å². The largest absolute Gasteiger partial charge is 0.269 e. The number of unbranched alkanes of at least 4 members (excludes halogenated alkanes) is 3. The Morgan fingerprint density at radius 2 is 1.00 bits per heavy atom. The average molecular weight is 329 g/mol. The molecule has 0 heterocycles. The minimum Gasteiger partial charge on any atom is -0.269 e. The number of hydrogen-bond acceptors (Lipinski definition) is 0. The third-order valence-electron chi connectivity index (χ3n) is 2.94. The Morgan fingerprint density at radius 1 is 0.733 bits per heavy atom. The van der Waals surface area contributed by atoms with Crippen LogP contribution in [0.25, 0.3) is 0 Å². The third kappa shape index (κ3) is 9.58. The van der Waals surface area contributed by atoms with E-state index in [-0.39, 0.29) is 4.70 Å². The topological polar surface area (TPSA) is 0 Å². The Bertz CT molecular complexity index is 107. The Labute approximate surface area is 99.0 Å². The molecular formula is C12H28F2Sn. The van der Waals surface area contributed by atoms with Gasteiger partial charge in [-0.1, -0.05) is 0 Å². The summed E-state index contributed by atoms with van der Waals surface area (Å²) in [6.07, 6.45) is 6.92. The molecule has 0 atom stereocenters. The van der Waals surface area contributed by atoms with Gasteiger partial charge in [0.25, 0.3) is 0 Å². The summed E-state index contributed by atoms with van der Waals surface area (Å²) in [7, 11) is 0. The van der Waals surface area contributed by atoms with Gasteiger partial charge < -0.3 is 0 Å². The van der Waals surface area contributed by atoms with Crippen LogP contribution in [0.3, 0.4) is 0 Å². The van der Waals surface area contributed by atoms with E-state index in [1.165, 1.54) is 19.3 Å². The normalized spacial score (nSPS) is 11.2. The molecule has 0 amide bonds. The van der Waals surface area contributed by atoms with E-state index in [0.29, 0.717) is 0 Å². The maximum atomic E-state index is 14.6. The van der Waals surface area contributed by atoms with Gasteiger partial charge in [-0.2, -0.15) is 0 Å². The Hall–Kier alpha value is 0.659. The fourth-order valence-electron chi connectivity index (χ4n) is 1.86. The monoisotopic (exact) mass is 330 g/mol. The van der Waals surface area contributed by atoms with Crippen molar-refractivity contribution in [1.29, 1.82) is 0 Å². The van der Waals surface area contributed by atoms with Gasteiger partial charge in [-0.15, -0.1) is 0 Å². The molecule has 3 heteroatoms. The summed E-state index contributed by atoms with van der Waals surface area (Å²) >= 11 is -3.06. The minimum absolute atomic E-state index is 0. The molecule has 0 unspecified atom stereocenters. The van der Waals surface area contributed by atoms with E-state index < -0.39 is 18.9 Å². The molecule has 0 fully saturated rings. The Balaban J connectivity index is 0. The first-order valence-corrected chi connectivity index (χ1v) is 13.5. The van der Waals surface area contributed by atoms with Crippen molar-refractivity contribution in [3.8, 4) is 0 Å². The van der Waals surface area contributed by atoms with E-state index in [9.17, 15) is 2.87 Å². The van der Waals surface area contributed by atoms with Gasteiger partial charge in [-0.25, -0.2) is 0 Å². The molecule has 0 bridgehead atoms. The smallest absolute Gasteiger partial charge is 0.269 e. The predicted molar refractivity (Wildman–Crippen MR) is 68.5 cm³/mol. The first-order chi connectivity index (χ1) is 6.68. The van der Waals surface area contributed by atoms with Crippen LogP contribution < -0.4 is 0 Å². The zero-order chi connectivity index (χ0) is 10.9. The summed E-state index contributed by atoms with van der Waals surface area (Å²) in [5.74, 6) is 0. The van der Waals surface area contributed by atoms with Crippen LogP contribution in [0.1, 0.15) is 59.3 Å². The third-order valence-corrected chi connectivity index (χ3v) is 13.6. The quantitative estimate of drug-likeness (QED) is 0.493. The summed E-state index contributed by atoms with van der Waals surface area (Å²) in [6, 6.07) is 0. The fraction of sp³-hybridized carbons (Fsp3) is 1.00. The molecule has 0 N–H and O–H groups in total. The zero-order valence-corrected chi connectivity index (χ0v) is 13.5. The van der Waals surface area contributed by atoms with Crippen molar-refractivity contribution >= 4 is 18.9 Å². The fourth-order valence-corrected chi connectivity index (χ4v) is 12.4. The van der Waals surface area contributed by atoms with Gasteiger partial charge >= 0.3 is 94.4 Å². The molecule has 0 aromatic heterocycles. The van der Waals surface area contributed by atoms with E-state index in [1.807, 2.05) is 0 Å². The van der Waals surface area contributed by atoms with Crippen molar-refractivity contribution in [2.24, 2.45) is 0 Å². The van der Waals surface area contributed by atoms with Gasteiger partial charge in [0.15, 0.2) is 0 Å². The second-order valence-electron chi connectivity index (χ2n) is 4.46. The van der Waals surface area contributed by atoms with Gasteiger partial charge in [0.2, 0.25) is 0 Å². The van der Waals surface area contributed by atoms with Crippen LogP contribution in [0.5, 0.6) is 0 Å². The van der Waals surface area contributed by atoms with Gasteiger partial charge in [0.1, 0.15) is 0 Å².